The molecule has 0 spiro atoms. The molecule has 1 aliphatic rings. The molecule has 0 unspecified atom stereocenters. The van der Waals surface area contributed by atoms with Gasteiger partial charge in [-0.2, -0.15) is 13.2 Å². The van der Waals surface area contributed by atoms with Gasteiger partial charge in [-0.3, -0.25) is 9.59 Å². The molecular weight excluding hydrogens is 425 g/mol. The van der Waals surface area contributed by atoms with Gasteiger partial charge in [0.05, 0.1) is 16.8 Å². The van der Waals surface area contributed by atoms with E-state index in [4.69, 9.17) is 0 Å². The fraction of sp³-hybridized carbons (Fsp3) is 0.130. The first-order valence-electron chi connectivity index (χ1n) is 9.49. The maximum atomic E-state index is 13.2. The van der Waals surface area contributed by atoms with E-state index in [1.807, 2.05) is 31.2 Å². The lowest BCUT2D eigenvalue weighted by molar-refractivity contribution is -0.137. The van der Waals surface area contributed by atoms with Gasteiger partial charge in [0.25, 0.3) is 11.8 Å². The number of alkyl halides is 3. The predicted molar refractivity (Wildman–Crippen MR) is 115 cm³/mol. The molecule has 0 atom stereocenters. The monoisotopic (exact) mass is 442 g/mol. The van der Waals surface area contributed by atoms with E-state index in [0.717, 1.165) is 41.1 Å². The van der Waals surface area contributed by atoms with Crippen LogP contribution in [0.4, 0.5) is 24.5 Å². The van der Waals surface area contributed by atoms with Gasteiger partial charge in [0, 0.05) is 10.6 Å². The summed E-state index contributed by atoms with van der Waals surface area (Å²) in [5, 5.41) is 4.83. The maximum absolute atomic E-state index is 13.2. The van der Waals surface area contributed by atoms with Crippen LogP contribution in [-0.2, 0) is 22.2 Å². The molecule has 2 aromatic carbocycles. The number of hydrogen-bond donors (Lipinski definition) is 1. The highest BCUT2D eigenvalue weighted by Crippen LogP contribution is 2.37. The number of thiophene rings is 1. The van der Waals surface area contributed by atoms with Gasteiger partial charge in [0.1, 0.15) is 5.70 Å². The average molecular weight is 442 g/mol. The second-order valence-corrected chi connectivity index (χ2v) is 7.84. The highest BCUT2D eigenvalue weighted by Gasteiger charge is 2.41. The first kappa shape index (κ1) is 20.9. The zero-order chi connectivity index (χ0) is 22.2. The number of aryl methyl sites for hydroxylation is 1. The molecule has 1 N–H and O–H groups in total. The van der Waals surface area contributed by atoms with Gasteiger partial charge in [-0.05, 0) is 59.8 Å². The molecule has 2 amide bonds. The van der Waals surface area contributed by atoms with E-state index in [2.05, 4.69) is 5.32 Å². The minimum absolute atomic E-state index is 0.0789. The third-order valence-electron chi connectivity index (χ3n) is 4.94. The minimum atomic E-state index is -4.50. The number of hydrogen-bond acceptors (Lipinski definition) is 4. The van der Waals surface area contributed by atoms with Gasteiger partial charge in [0.15, 0.2) is 0 Å². The van der Waals surface area contributed by atoms with Crippen molar-refractivity contribution in [1.82, 2.24) is 0 Å². The lowest BCUT2D eigenvalue weighted by Crippen LogP contribution is -2.32. The predicted octanol–water partition coefficient (Wildman–Crippen LogP) is 5.73. The van der Waals surface area contributed by atoms with Crippen LogP contribution < -0.4 is 10.2 Å². The molecule has 0 bridgehead atoms. The molecular formula is C23H17F3N2O2S. The van der Waals surface area contributed by atoms with Crippen molar-refractivity contribution in [1.29, 1.82) is 0 Å². The molecule has 0 saturated carbocycles. The van der Waals surface area contributed by atoms with Crippen LogP contribution in [0.3, 0.4) is 0 Å². The van der Waals surface area contributed by atoms with Gasteiger partial charge < -0.3 is 5.32 Å². The van der Waals surface area contributed by atoms with Crippen molar-refractivity contribution in [3.05, 3.63) is 87.7 Å². The summed E-state index contributed by atoms with van der Waals surface area (Å²) in [7, 11) is 0. The fourth-order valence-electron chi connectivity index (χ4n) is 3.30. The van der Waals surface area contributed by atoms with Crippen LogP contribution in [0.2, 0.25) is 0 Å². The van der Waals surface area contributed by atoms with Crippen LogP contribution in [0.5, 0.6) is 0 Å². The molecule has 0 aliphatic carbocycles. The van der Waals surface area contributed by atoms with Crippen LogP contribution in [0.1, 0.15) is 22.9 Å². The number of nitrogens with one attached hydrogen (secondary N) is 1. The number of carbonyl (C=O) groups excluding carboxylic acids is 2. The largest absolute Gasteiger partial charge is 0.416 e. The van der Waals surface area contributed by atoms with Crippen molar-refractivity contribution < 1.29 is 22.8 Å². The van der Waals surface area contributed by atoms with Crippen LogP contribution in [-0.4, -0.2) is 11.8 Å². The van der Waals surface area contributed by atoms with E-state index in [0.29, 0.717) is 10.6 Å². The summed E-state index contributed by atoms with van der Waals surface area (Å²) in [5.41, 5.74) is 1.28. The van der Waals surface area contributed by atoms with Gasteiger partial charge in [-0.25, -0.2) is 4.90 Å². The molecule has 0 radical (unpaired) electrons. The quantitative estimate of drug-likeness (QED) is 0.514. The fourth-order valence-corrected chi connectivity index (χ4v) is 4.07. The zero-order valence-electron chi connectivity index (χ0n) is 16.4. The number of halogens is 3. The molecule has 4 rings (SSSR count). The van der Waals surface area contributed by atoms with Crippen molar-refractivity contribution in [3.63, 3.8) is 0 Å². The van der Waals surface area contributed by atoms with Gasteiger partial charge in [-0.1, -0.05) is 25.1 Å². The summed E-state index contributed by atoms with van der Waals surface area (Å²) in [6.07, 6.45) is -3.64. The molecule has 8 heteroatoms. The van der Waals surface area contributed by atoms with Gasteiger partial charge in [0.2, 0.25) is 0 Å². The third-order valence-corrected chi connectivity index (χ3v) is 5.82. The average Bonchev–Trinajstić information content (AvgIpc) is 3.35. The number of benzene rings is 2. The van der Waals surface area contributed by atoms with Crippen molar-refractivity contribution in [2.75, 3.05) is 10.2 Å². The molecule has 0 fully saturated rings. The Bertz CT molecular complexity index is 1150. The topological polar surface area (TPSA) is 49.4 Å². The van der Waals surface area contributed by atoms with Crippen molar-refractivity contribution >= 4 is 40.1 Å². The Kier molecular flexibility index (Phi) is 5.41. The normalized spacial score (nSPS) is 14.5. The number of carbonyl (C=O) groups is 2. The van der Waals surface area contributed by atoms with Crippen LogP contribution in [0.25, 0.3) is 5.57 Å². The Morgan fingerprint density at radius 1 is 0.935 bits per heavy atom. The highest BCUT2D eigenvalue weighted by atomic mass is 32.1. The van der Waals surface area contributed by atoms with E-state index in [9.17, 15) is 22.8 Å². The van der Waals surface area contributed by atoms with E-state index in [-0.39, 0.29) is 17.0 Å². The Balaban J connectivity index is 1.72. The molecule has 4 nitrogen and oxygen atoms in total. The molecule has 158 valence electrons. The summed E-state index contributed by atoms with van der Waals surface area (Å²) in [4.78, 5) is 27.9. The maximum Gasteiger partial charge on any atom is 0.416 e. The van der Waals surface area contributed by atoms with Crippen molar-refractivity contribution in [2.45, 2.75) is 19.5 Å². The summed E-state index contributed by atoms with van der Waals surface area (Å²) >= 11 is 1.30. The first-order valence-corrected chi connectivity index (χ1v) is 10.4. The van der Waals surface area contributed by atoms with Gasteiger partial charge >= 0.3 is 6.18 Å². The second kappa shape index (κ2) is 8.03. The standard InChI is InChI=1S/C23H17F3N2O2S/c1-2-14-5-9-16(10-6-14)27-20-19(18-4-3-13-31-18)21(29)28(22(20)30)17-11-7-15(8-12-17)23(24,25)26/h3-13,27H,2H2,1H3. The third kappa shape index (κ3) is 3.98. The number of imide groups is 1. The molecule has 1 aromatic heterocycles. The summed E-state index contributed by atoms with van der Waals surface area (Å²) < 4.78 is 38.7. The zero-order valence-corrected chi connectivity index (χ0v) is 17.2. The summed E-state index contributed by atoms with van der Waals surface area (Å²) in [5.74, 6) is -1.20. The lowest BCUT2D eigenvalue weighted by Gasteiger charge is -2.16. The van der Waals surface area contributed by atoms with Crippen molar-refractivity contribution in [3.8, 4) is 0 Å². The van der Waals surface area contributed by atoms with Crippen LogP contribution in [0.15, 0.2) is 71.7 Å². The van der Waals surface area contributed by atoms with Crippen LogP contribution in [0, 0.1) is 0 Å². The highest BCUT2D eigenvalue weighted by molar-refractivity contribution is 7.11. The van der Waals surface area contributed by atoms with E-state index in [1.165, 1.54) is 11.3 Å². The minimum Gasteiger partial charge on any atom is -0.350 e. The molecule has 2 heterocycles. The summed E-state index contributed by atoms with van der Waals surface area (Å²) in [6.45, 7) is 2.03. The van der Waals surface area contributed by atoms with Crippen molar-refractivity contribution in [2.24, 2.45) is 0 Å². The molecule has 31 heavy (non-hydrogen) atoms. The number of rotatable bonds is 5. The SMILES string of the molecule is CCc1ccc(NC2=C(c3cccs3)C(=O)N(c3ccc(C(F)(F)F)cc3)C2=O)cc1. The number of amides is 2. The first-order chi connectivity index (χ1) is 14.8. The second-order valence-electron chi connectivity index (χ2n) is 6.89. The van der Waals surface area contributed by atoms with E-state index >= 15 is 0 Å². The Morgan fingerprint density at radius 2 is 1.61 bits per heavy atom. The molecule has 1 aliphatic heterocycles. The Hall–Kier alpha value is -3.39. The van der Waals surface area contributed by atoms with Crippen LogP contribution >= 0.6 is 11.3 Å². The lowest BCUT2D eigenvalue weighted by atomic mass is 10.1. The molecule has 0 saturated heterocycles. The number of anilines is 2. The van der Waals surface area contributed by atoms with Gasteiger partial charge in [-0.15, -0.1) is 11.3 Å². The number of nitrogens with zero attached hydrogens (tertiary/aromatic N) is 1. The molecule has 3 aromatic rings. The Labute approximate surface area is 180 Å². The Morgan fingerprint density at radius 3 is 2.16 bits per heavy atom. The van der Waals surface area contributed by atoms with E-state index < -0.39 is 23.6 Å². The summed E-state index contributed by atoms with van der Waals surface area (Å²) in [6, 6.07) is 14.9. The smallest absolute Gasteiger partial charge is 0.350 e. The van der Waals surface area contributed by atoms with E-state index in [1.54, 1.807) is 17.5 Å².